The summed E-state index contributed by atoms with van der Waals surface area (Å²) in [4.78, 5) is 12.9. The third kappa shape index (κ3) is 2.59. The molecular formula is C17H28N2O. The minimum atomic E-state index is 0.278. The molecule has 0 aliphatic heterocycles. The molecule has 1 heterocycles. The van der Waals surface area contributed by atoms with Crippen LogP contribution in [0.3, 0.4) is 0 Å². The van der Waals surface area contributed by atoms with Crippen LogP contribution in [0.4, 0.5) is 0 Å². The Hall–Kier alpha value is -0.990. The fourth-order valence-corrected chi connectivity index (χ4v) is 4.14. The van der Waals surface area contributed by atoms with Crippen LogP contribution in [-0.2, 0) is 6.42 Å². The second-order valence-electron chi connectivity index (χ2n) is 6.62. The lowest BCUT2D eigenvalue weighted by atomic mass is 9.95. The van der Waals surface area contributed by atoms with Gasteiger partial charge in [-0.1, -0.05) is 45.4 Å². The van der Waals surface area contributed by atoms with Crippen molar-refractivity contribution >= 4 is 0 Å². The molecule has 0 atom stereocenters. The van der Waals surface area contributed by atoms with Gasteiger partial charge in [-0.3, -0.25) is 9.13 Å². The molecule has 0 radical (unpaired) electrons. The lowest BCUT2D eigenvalue weighted by Gasteiger charge is -2.24. The molecule has 0 saturated heterocycles. The summed E-state index contributed by atoms with van der Waals surface area (Å²) >= 11 is 0. The molecule has 0 bridgehead atoms. The molecule has 0 amide bonds. The van der Waals surface area contributed by atoms with Crippen molar-refractivity contribution in [2.75, 3.05) is 0 Å². The van der Waals surface area contributed by atoms with Crippen molar-refractivity contribution in [3.8, 4) is 0 Å². The third-order valence-electron chi connectivity index (χ3n) is 5.29. The Balaban J connectivity index is 1.92. The fraction of sp³-hybridized carbons (Fsp3) is 0.824. The van der Waals surface area contributed by atoms with Crippen molar-refractivity contribution in [1.82, 2.24) is 9.13 Å². The molecule has 0 aromatic carbocycles. The molecule has 3 heteroatoms. The summed E-state index contributed by atoms with van der Waals surface area (Å²) in [5.41, 5.74) is 1.54. The van der Waals surface area contributed by atoms with Crippen LogP contribution in [0, 0.1) is 0 Å². The van der Waals surface area contributed by atoms with Crippen molar-refractivity contribution < 1.29 is 0 Å². The van der Waals surface area contributed by atoms with E-state index in [9.17, 15) is 4.79 Å². The van der Waals surface area contributed by atoms with Crippen LogP contribution in [0.5, 0.6) is 0 Å². The van der Waals surface area contributed by atoms with Gasteiger partial charge in [-0.25, -0.2) is 4.79 Å². The molecule has 20 heavy (non-hydrogen) atoms. The number of aromatic nitrogens is 2. The maximum absolute atomic E-state index is 12.9. The molecule has 2 saturated carbocycles. The number of hydrogen-bond donors (Lipinski definition) is 0. The van der Waals surface area contributed by atoms with Crippen LogP contribution < -0.4 is 5.69 Å². The van der Waals surface area contributed by atoms with Crippen molar-refractivity contribution in [3.05, 3.63) is 22.4 Å². The molecule has 2 aliphatic rings. The van der Waals surface area contributed by atoms with Crippen LogP contribution in [0.15, 0.2) is 11.0 Å². The third-order valence-corrected chi connectivity index (χ3v) is 5.29. The summed E-state index contributed by atoms with van der Waals surface area (Å²) in [7, 11) is 0. The van der Waals surface area contributed by atoms with E-state index in [1.54, 1.807) is 0 Å². The number of nitrogens with zero attached hydrogens (tertiary/aromatic N) is 2. The summed E-state index contributed by atoms with van der Waals surface area (Å²) < 4.78 is 4.22. The van der Waals surface area contributed by atoms with E-state index >= 15 is 0 Å². The minimum Gasteiger partial charge on any atom is -0.296 e. The van der Waals surface area contributed by atoms with Gasteiger partial charge in [0.25, 0.3) is 0 Å². The van der Waals surface area contributed by atoms with Gasteiger partial charge in [0, 0.05) is 24.0 Å². The Morgan fingerprint density at radius 2 is 1.50 bits per heavy atom. The van der Waals surface area contributed by atoms with Gasteiger partial charge < -0.3 is 0 Å². The molecular weight excluding hydrogens is 248 g/mol. The molecule has 0 unspecified atom stereocenters. The van der Waals surface area contributed by atoms with E-state index in [0.717, 1.165) is 6.42 Å². The second-order valence-corrected chi connectivity index (χ2v) is 6.62. The fourth-order valence-electron chi connectivity index (χ4n) is 4.14. The lowest BCUT2D eigenvalue weighted by Crippen LogP contribution is -2.32. The van der Waals surface area contributed by atoms with E-state index in [4.69, 9.17) is 0 Å². The highest BCUT2D eigenvalue weighted by atomic mass is 16.1. The van der Waals surface area contributed by atoms with Gasteiger partial charge in [0.2, 0.25) is 0 Å². The summed E-state index contributed by atoms with van der Waals surface area (Å²) in [6.07, 6.45) is 15.8. The molecule has 0 spiro atoms. The van der Waals surface area contributed by atoms with Gasteiger partial charge in [0.15, 0.2) is 0 Å². The van der Waals surface area contributed by atoms with Gasteiger partial charge in [0.05, 0.1) is 0 Å². The second kappa shape index (κ2) is 6.19. The van der Waals surface area contributed by atoms with Crippen LogP contribution in [0.25, 0.3) is 0 Å². The van der Waals surface area contributed by atoms with Crippen LogP contribution in [0.2, 0.25) is 0 Å². The van der Waals surface area contributed by atoms with E-state index in [-0.39, 0.29) is 5.69 Å². The normalized spacial score (nSPS) is 22.2. The monoisotopic (exact) mass is 276 g/mol. The van der Waals surface area contributed by atoms with E-state index in [0.29, 0.717) is 12.1 Å². The molecule has 112 valence electrons. The highest BCUT2D eigenvalue weighted by Crippen LogP contribution is 2.31. The van der Waals surface area contributed by atoms with Gasteiger partial charge >= 0.3 is 5.69 Å². The maximum atomic E-state index is 12.9. The predicted molar refractivity (Wildman–Crippen MR) is 82.3 cm³/mol. The lowest BCUT2D eigenvalue weighted by molar-refractivity contribution is 0.318. The first-order chi connectivity index (χ1) is 9.81. The predicted octanol–water partition coefficient (Wildman–Crippen LogP) is 4.22. The van der Waals surface area contributed by atoms with Crippen molar-refractivity contribution in [1.29, 1.82) is 0 Å². The van der Waals surface area contributed by atoms with Crippen molar-refractivity contribution in [3.63, 3.8) is 0 Å². The van der Waals surface area contributed by atoms with Crippen molar-refractivity contribution in [2.24, 2.45) is 0 Å². The molecule has 2 aliphatic carbocycles. The first-order valence-corrected chi connectivity index (χ1v) is 8.63. The van der Waals surface area contributed by atoms with Gasteiger partial charge in [-0.05, 0) is 32.1 Å². The Labute approximate surface area is 122 Å². The quantitative estimate of drug-likeness (QED) is 0.812. The van der Waals surface area contributed by atoms with Gasteiger partial charge in [-0.2, -0.15) is 0 Å². The average molecular weight is 276 g/mol. The molecule has 2 fully saturated rings. The van der Waals surface area contributed by atoms with Crippen LogP contribution >= 0.6 is 0 Å². The largest absolute Gasteiger partial charge is 0.328 e. The number of rotatable bonds is 3. The molecule has 3 rings (SSSR count). The highest BCUT2D eigenvalue weighted by Gasteiger charge is 2.24. The van der Waals surface area contributed by atoms with Crippen LogP contribution in [0.1, 0.15) is 88.9 Å². The Kier molecular flexibility index (Phi) is 4.32. The standard InChI is InChI=1S/C17H28N2O/c1-2-14-13-18(15-9-5-3-6-10-15)17(20)19(14)16-11-7-4-8-12-16/h13,15-16H,2-12H2,1H3. The number of hydrogen-bond acceptors (Lipinski definition) is 1. The molecule has 3 nitrogen and oxygen atoms in total. The SMILES string of the molecule is CCc1cn(C2CCCCC2)c(=O)n1C1CCCCC1. The molecule has 1 aromatic rings. The molecule has 0 N–H and O–H groups in total. The summed E-state index contributed by atoms with van der Waals surface area (Å²) in [5, 5.41) is 0. The Morgan fingerprint density at radius 3 is 2.05 bits per heavy atom. The molecule has 1 aromatic heterocycles. The van der Waals surface area contributed by atoms with Crippen molar-refractivity contribution in [2.45, 2.75) is 89.6 Å². The zero-order chi connectivity index (χ0) is 13.9. The van der Waals surface area contributed by atoms with Gasteiger partial charge in [-0.15, -0.1) is 0 Å². The number of aryl methyl sites for hydroxylation is 1. The number of imidazole rings is 1. The smallest absolute Gasteiger partial charge is 0.296 e. The van der Waals surface area contributed by atoms with Crippen LogP contribution in [-0.4, -0.2) is 9.13 Å². The summed E-state index contributed by atoms with van der Waals surface area (Å²) in [5.74, 6) is 0. The average Bonchev–Trinajstić information content (AvgIpc) is 2.86. The zero-order valence-corrected chi connectivity index (χ0v) is 12.8. The van der Waals surface area contributed by atoms with E-state index in [1.165, 1.54) is 69.9 Å². The Morgan fingerprint density at radius 1 is 0.950 bits per heavy atom. The first kappa shape index (κ1) is 14.0. The minimum absolute atomic E-state index is 0.278. The summed E-state index contributed by atoms with van der Waals surface area (Å²) in [6, 6.07) is 0.933. The first-order valence-electron chi connectivity index (χ1n) is 8.63. The topological polar surface area (TPSA) is 26.9 Å². The maximum Gasteiger partial charge on any atom is 0.328 e. The Bertz CT molecular complexity index is 488. The zero-order valence-electron chi connectivity index (χ0n) is 12.8. The van der Waals surface area contributed by atoms with E-state index in [2.05, 4.69) is 22.3 Å². The van der Waals surface area contributed by atoms with E-state index < -0.39 is 0 Å². The van der Waals surface area contributed by atoms with E-state index in [1.807, 2.05) is 0 Å². The summed E-state index contributed by atoms with van der Waals surface area (Å²) in [6.45, 7) is 2.18. The highest BCUT2D eigenvalue weighted by molar-refractivity contribution is 5.04. The van der Waals surface area contributed by atoms with Gasteiger partial charge in [0.1, 0.15) is 0 Å².